The van der Waals surface area contributed by atoms with Crippen molar-refractivity contribution in [3.8, 4) is 5.69 Å². The Hall–Kier alpha value is -2.64. The summed E-state index contributed by atoms with van der Waals surface area (Å²) in [5, 5.41) is 9.66. The van der Waals surface area contributed by atoms with Crippen LogP contribution in [0, 0.1) is 27.7 Å². The summed E-state index contributed by atoms with van der Waals surface area (Å²) in [5.41, 5.74) is 6.25. The Morgan fingerprint density at radius 2 is 1.65 bits per heavy atom. The van der Waals surface area contributed by atoms with Crippen molar-refractivity contribution in [1.29, 1.82) is 0 Å². The number of hydrogen-bond acceptors (Lipinski definition) is 6. The van der Waals surface area contributed by atoms with Crippen LogP contribution in [0.1, 0.15) is 32.6 Å². The number of morpholine rings is 1. The van der Waals surface area contributed by atoms with E-state index in [1.54, 1.807) is 0 Å². The molecule has 0 N–H and O–H groups in total. The van der Waals surface area contributed by atoms with Crippen molar-refractivity contribution < 1.29 is 9.53 Å². The molecule has 1 aromatic heterocycles. The van der Waals surface area contributed by atoms with E-state index in [2.05, 4.69) is 35.0 Å². The predicted molar refractivity (Wildman–Crippen MR) is 125 cm³/mol. The van der Waals surface area contributed by atoms with Gasteiger partial charge in [0.05, 0.1) is 24.7 Å². The zero-order valence-corrected chi connectivity index (χ0v) is 19.3. The highest BCUT2D eigenvalue weighted by molar-refractivity contribution is 7.99. The van der Waals surface area contributed by atoms with E-state index in [4.69, 9.17) is 4.74 Å². The lowest BCUT2D eigenvalue weighted by Crippen LogP contribution is -2.37. The van der Waals surface area contributed by atoms with Gasteiger partial charge in [0.25, 0.3) is 0 Å². The number of carbonyl (C=O) groups is 1. The molecular formula is C24H28N4O2S. The van der Waals surface area contributed by atoms with Gasteiger partial charge < -0.3 is 9.64 Å². The van der Waals surface area contributed by atoms with Gasteiger partial charge in [-0.15, -0.1) is 10.2 Å². The molecule has 0 bridgehead atoms. The average Bonchev–Trinajstić information content (AvgIpc) is 3.22. The fraction of sp³-hybridized carbons (Fsp3) is 0.375. The second-order valence-electron chi connectivity index (χ2n) is 7.90. The van der Waals surface area contributed by atoms with E-state index in [9.17, 15) is 4.79 Å². The second kappa shape index (κ2) is 9.24. The first-order valence-corrected chi connectivity index (χ1v) is 11.5. The van der Waals surface area contributed by atoms with E-state index in [1.165, 1.54) is 11.8 Å². The van der Waals surface area contributed by atoms with Crippen LogP contribution >= 0.6 is 11.8 Å². The van der Waals surface area contributed by atoms with Crippen LogP contribution in [-0.4, -0.2) is 52.6 Å². The van der Waals surface area contributed by atoms with Crippen LogP contribution in [0.2, 0.25) is 0 Å². The van der Waals surface area contributed by atoms with Crippen LogP contribution in [0.5, 0.6) is 0 Å². The van der Waals surface area contributed by atoms with E-state index in [0.29, 0.717) is 19.0 Å². The summed E-state index contributed by atoms with van der Waals surface area (Å²) in [6.45, 7) is 11.1. The van der Waals surface area contributed by atoms with Gasteiger partial charge in [-0.3, -0.25) is 9.36 Å². The molecule has 3 aromatic rings. The minimum absolute atomic E-state index is 0.127. The lowest BCUT2D eigenvalue weighted by atomic mass is 9.92. The summed E-state index contributed by atoms with van der Waals surface area (Å²) >= 11 is 1.44. The minimum Gasteiger partial charge on any atom is -0.378 e. The molecule has 1 fully saturated rings. The molecule has 7 heteroatoms. The molecule has 6 nitrogen and oxygen atoms in total. The summed E-state index contributed by atoms with van der Waals surface area (Å²) in [6, 6.07) is 12.2. The van der Waals surface area contributed by atoms with Gasteiger partial charge in [0.1, 0.15) is 0 Å². The van der Waals surface area contributed by atoms with E-state index in [0.717, 1.165) is 57.7 Å². The molecule has 0 amide bonds. The maximum absolute atomic E-state index is 13.2. The molecule has 0 spiro atoms. The zero-order chi connectivity index (χ0) is 22.0. The number of carbonyl (C=O) groups excluding carboxylic acids is 1. The van der Waals surface area contributed by atoms with Gasteiger partial charge in [0.15, 0.2) is 10.9 Å². The van der Waals surface area contributed by atoms with Crippen LogP contribution in [0.3, 0.4) is 0 Å². The van der Waals surface area contributed by atoms with E-state index < -0.39 is 0 Å². The Morgan fingerprint density at radius 3 is 2.29 bits per heavy atom. The van der Waals surface area contributed by atoms with Gasteiger partial charge >= 0.3 is 0 Å². The van der Waals surface area contributed by atoms with E-state index in [1.807, 2.05) is 48.7 Å². The Bertz CT molecular complexity index is 1060. The number of para-hydroxylation sites is 1. The summed E-state index contributed by atoms with van der Waals surface area (Å²) in [4.78, 5) is 15.4. The van der Waals surface area contributed by atoms with Crippen LogP contribution in [0.4, 0.5) is 5.95 Å². The fourth-order valence-corrected chi connectivity index (χ4v) is 4.78. The number of ketones is 1. The largest absolute Gasteiger partial charge is 0.378 e. The van der Waals surface area contributed by atoms with Gasteiger partial charge in [-0.25, -0.2) is 0 Å². The summed E-state index contributed by atoms with van der Waals surface area (Å²) < 4.78 is 7.54. The molecule has 2 aromatic carbocycles. The maximum Gasteiger partial charge on any atom is 0.232 e. The minimum atomic E-state index is 0.127. The monoisotopic (exact) mass is 436 g/mol. The van der Waals surface area contributed by atoms with Crippen molar-refractivity contribution in [3.63, 3.8) is 0 Å². The van der Waals surface area contributed by atoms with Crippen LogP contribution < -0.4 is 4.90 Å². The number of benzene rings is 2. The van der Waals surface area contributed by atoms with Crippen molar-refractivity contribution in [2.24, 2.45) is 0 Å². The third-order valence-corrected chi connectivity index (χ3v) is 6.83. The van der Waals surface area contributed by atoms with Crippen molar-refractivity contribution in [3.05, 3.63) is 64.2 Å². The average molecular weight is 437 g/mol. The molecule has 162 valence electrons. The van der Waals surface area contributed by atoms with E-state index >= 15 is 0 Å². The molecule has 0 aliphatic carbocycles. The summed E-state index contributed by atoms with van der Waals surface area (Å²) in [5.74, 6) is 1.24. The number of Topliss-reactive ketones (excluding diaryl/α,β-unsaturated/α-hetero) is 1. The lowest BCUT2D eigenvalue weighted by Gasteiger charge is -2.27. The van der Waals surface area contributed by atoms with Crippen molar-refractivity contribution in [2.45, 2.75) is 32.9 Å². The molecule has 0 atom stereocenters. The SMILES string of the molecule is Cc1cc(C)c(C)c(C(=O)CSc2nnc(N3CCOCC3)n2-c2ccccc2)c1C. The Morgan fingerprint density at radius 1 is 1.00 bits per heavy atom. The quantitative estimate of drug-likeness (QED) is 0.424. The number of anilines is 1. The number of ether oxygens (including phenoxy) is 1. The first kappa shape index (κ1) is 21.6. The Labute approximate surface area is 187 Å². The lowest BCUT2D eigenvalue weighted by molar-refractivity contribution is 0.102. The fourth-order valence-electron chi connectivity index (χ4n) is 3.96. The normalized spacial score (nSPS) is 14.1. The summed E-state index contributed by atoms with van der Waals surface area (Å²) in [6.07, 6.45) is 0. The van der Waals surface area contributed by atoms with Gasteiger partial charge in [0.2, 0.25) is 5.95 Å². The van der Waals surface area contributed by atoms with Gasteiger partial charge in [-0.1, -0.05) is 36.0 Å². The molecule has 1 saturated heterocycles. The first-order valence-electron chi connectivity index (χ1n) is 10.5. The third-order valence-electron chi connectivity index (χ3n) is 5.90. The molecule has 31 heavy (non-hydrogen) atoms. The zero-order valence-electron chi connectivity index (χ0n) is 18.5. The smallest absolute Gasteiger partial charge is 0.232 e. The van der Waals surface area contributed by atoms with Crippen LogP contribution in [0.25, 0.3) is 5.69 Å². The topological polar surface area (TPSA) is 60.3 Å². The van der Waals surface area contributed by atoms with Gasteiger partial charge in [-0.2, -0.15) is 0 Å². The highest BCUT2D eigenvalue weighted by Gasteiger charge is 2.23. The van der Waals surface area contributed by atoms with Crippen LogP contribution in [0.15, 0.2) is 41.6 Å². The number of nitrogens with zero attached hydrogens (tertiary/aromatic N) is 4. The standard InChI is InChI=1S/C24H28N4O2S/c1-16-14-17(2)19(4)22(18(16)3)21(29)15-31-24-26-25-23(27-10-12-30-13-11-27)28(24)20-8-6-5-7-9-20/h5-9,14H,10-13,15H2,1-4H3. The maximum atomic E-state index is 13.2. The molecular weight excluding hydrogens is 408 g/mol. The Kier molecular flexibility index (Phi) is 6.43. The molecule has 0 unspecified atom stereocenters. The molecule has 1 aliphatic rings. The first-order chi connectivity index (χ1) is 15.0. The van der Waals surface area contributed by atoms with E-state index in [-0.39, 0.29) is 5.78 Å². The molecule has 0 radical (unpaired) electrons. The Balaban J connectivity index is 1.64. The van der Waals surface area contributed by atoms with Crippen molar-refractivity contribution in [2.75, 3.05) is 37.0 Å². The molecule has 1 aliphatic heterocycles. The van der Waals surface area contributed by atoms with Gasteiger partial charge in [-0.05, 0) is 62.1 Å². The number of thioether (sulfide) groups is 1. The highest BCUT2D eigenvalue weighted by atomic mass is 32.2. The van der Waals surface area contributed by atoms with Crippen molar-refractivity contribution >= 4 is 23.5 Å². The van der Waals surface area contributed by atoms with Crippen molar-refractivity contribution in [1.82, 2.24) is 14.8 Å². The number of hydrogen-bond donors (Lipinski definition) is 0. The van der Waals surface area contributed by atoms with Crippen LogP contribution in [-0.2, 0) is 4.74 Å². The highest BCUT2D eigenvalue weighted by Crippen LogP contribution is 2.29. The summed E-state index contributed by atoms with van der Waals surface area (Å²) in [7, 11) is 0. The second-order valence-corrected chi connectivity index (χ2v) is 8.84. The van der Waals surface area contributed by atoms with Gasteiger partial charge in [0, 0.05) is 18.7 Å². The number of rotatable bonds is 6. The predicted octanol–water partition coefficient (Wildman–Crippen LogP) is 4.31. The molecule has 4 rings (SSSR count). The number of aromatic nitrogens is 3. The molecule has 0 saturated carbocycles. The molecule has 2 heterocycles. The number of aryl methyl sites for hydroxylation is 2. The third kappa shape index (κ3) is 4.38.